The second kappa shape index (κ2) is 7.23. The predicted octanol–water partition coefficient (Wildman–Crippen LogP) is 1.98. The fourth-order valence-electron chi connectivity index (χ4n) is 3.90. The third-order valence-electron chi connectivity index (χ3n) is 5.07. The first-order valence-corrected chi connectivity index (χ1v) is 8.86. The Morgan fingerprint density at radius 2 is 1.71 bits per heavy atom. The van der Waals surface area contributed by atoms with E-state index in [2.05, 4.69) is 30.1 Å². The van der Waals surface area contributed by atoms with Crippen molar-refractivity contribution in [3.8, 4) is 6.07 Å². The molecule has 128 valence electrons. The minimum atomic E-state index is 0.150. The Bertz CT molecular complexity index is 603. The molecule has 2 fully saturated rings. The molecule has 3 rings (SSSR count). The lowest BCUT2D eigenvalue weighted by atomic mass is 9.94. The zero-order chi connectivity index (χ0) is 17.1. The summed E-state index contributed by atoms with van der Waals surface area (Å²) >= 11 is 0. The lowest BCUT2D eigenvalue weighted by molar-refractivity contribution is -0.138. The van der Waals surface area contributed by atoms with E-state index in [1.54, 1.807) is 0 Å². The average molecular weight is 326 g/mol. The average Bonchev–Trinajstić information content (AvgIpc) is 2.60. The van der Waals surface area contributed by atoms with Crippen LogP contribution >= 0.6 is 0 Å². The number of hydrogen-bond acceptors (Lipinski definition) is 4. The van der Waals surface area contributed by atoms with Crippen molar-refractivity contribution in [3.63, 3.8) is 0 Å². The fraction of sp³-hybridized carbons (Fsp3) is 0.579. The standard InChI is InChI=1S/C19H26N4O/c1-14-12-23(13-15(2)21-14)19(24)17-7-9-22(10-8-17)18-5-3-16(11-20)4-6-18/h3-6,14-15,17,21H,7-10,12-13H2,1-2H3/t14-,15+. The highest BCUT2D eigenvalue weighted by atomic mass is 16.2. The van der Waals surface area contributed by atoms with E-state index in [1.165, 1.54) is 0 Å². The van der Waals surface area contributed by atoms with Crippen molar-refractivity contribution in [2.75, 3.05) is 31.1 Å². The Hall–Kier alpha value is -2.06. The molecule has 1 N–H and O–H groups in total. The molecule has 2 heterocycles. The molecule has 2 atom stereocenters. The summed E-state index contributed by atoms with van der Waals surface area (Å²) in [6.07, 6.45) is 1.82. The van der Waals surface area contributed by atoms with Crippen LogP contribution in [-0.2, 0) is 4.79 Å². The van der Waals surface area contributed by atoms with Crippen LogP contribution in [0, 0.1) is 17.2 Å². The summed E-state index contributed by atoms with van der Waals surface area (Å²) in [7, 11) is 0. The minimum Gasteiger partial charge on any atom is -0.371 e. The number of rotatable bonds is 2. The van der Waals surface area contributed by atoms with Crippen molar-refractivity contribution in [1.29, 1.82) is 5.26 Å². The van der Waals surface area contributed by atoms with Gasteiger partial charge >= 0.3 is 0 Å². The normalized spacial score (nSPS) is 25.4. The third-order valence-corrected chi connectivity index (χ3v) is 5.07. The highest BCUT2D eigenvalue weighted by Gasteiger charge is 2.32. The van der Waals surface area contributed by atoms with Gasteiger partial charge in [0.05, 0.1) is 11.6 Å². The summed E-state index contributed by atoms with van der Waals surface area (Å²) in [6, 6.07) is 10.6. The van der Waals surface area contributed by atoms with Crippen LogP contribution < -0.4 is 10.2 Å². The number of amides is 1. The molecule has 24 heavy (non-hydrogen) atoms. The lowest BCUT2D eigenvalue weighted by Crippen LogP contribution is -2.57. The van der Waals surface area contributed by atoms with Gasteiger partial charge in [-0.05, 0) is 51.0 Å². The third kappa shape index (κ3) is 3.70. The molecule has 0 aromatic heterocycles. The SMILES string of the molecule is C[C@@H]1CN(C(=O)C2CCN(c3ccc(C#N)cc3)CC2)C[C@H](C)N1. The van der Waals surface area contributed by atoms with Gasteiger partial charge in [-0.15, -0.1) is 0 Å². The molecular weight excluding hydrogens is 300 g/mol. The van der Waals surface area contributed by atoms with Gasteiger partial charge in [-0.3, -0.25) is 4.79 Å². The molecule has 2 aliphatic heterocycles. The van der Waals surface area contributed by atoms with Crippen molar-refractivity contribution in [2.45, 2.75) is 38.8 Å². The summed E-state index contributed by atoms with van der Waals surface area (Å²) in [5.74, 6) is 0.479. The van der Waals surface area contributed by atoms with Crippen LogP contribution in [0.5, 0.6) is 0 Å². The molecule has 2 aliphatic rings. The number of carbonyl (C=O) groups is 1. The number of hydrogen-bond donors (Lipinski definition) is 1. The predicted molar refractivity (Wildman–Crippen MR) is 94.7 cm³/mol. The van der Waals surface area contributed by atoms with Gasteiger partial charge in [0.25, 0.3) is 0 Å². The van der Waals surface area contributed by atoms with Crippen LogP contribution in [0.15, 0.2) is 24.3 Å². The summed E-state index contributed by atoms with van der Waals surface area (Å²) in [5.41, 5.74) is 1.83. The summed E-state index contributed by atoms with van der Waals surface area (Å²) in [6.45, 7) is 7.73. The van der Waals surface area contributed by atoms with Gasteiger partial charge in [0, 0.05) is 49.9 Å². The molecule has 0 bridgehead atoms. The molecule has 1 aromatic rings. The first kappa shape index (κ1) is 16.8. The number of carbonyl (C=O) groups excluding carboxylic acids is 1. The Kier molecular flexibility index (Phi) is 5.06. The number of piperidine rings is 1. The topological polar surface area (TPSA) is 59.4 Å². The molecular formula is C19H26N4O. The largest absolute Gasteiger partial charge is 0.371 e. The fourth-order valence-corrected chi connectivity index (χ4v) is 3.90. The molecule has 0 aliphatic carbocycles. The van der Waals surface area contributed by atoms with E-state index in [-0.39, 0.29) is 5.92 Å². The van der Waals surface area contributed by atoms with E-state index in [9.17, 15) is 4.79 Å². The van der Waals surface area contributed by atoms with Crippen LogP contribution in [0.1, 0.15) is 32.3 Å². The van der Waals surface area contributed by atoms with Crippen molar-refractivity contribution in [1.82, 2.24) is 10.2 Å². The Balaban J connectivity index is 1.56. The first-order valence-electron chi connectivity index (χ1n) is 8.86. The molecule has 1 aromatic carbocycles. The maximum absolute atomic E-state index is 12.8. The van der Waals surface area contributed by atoms with Crippen molar-refractivity contribution >= 4 is 11.6 Å². The molecule has 5 heteroatoms. The number of nitrogens with one attached hydrogen (secondary N) is 1. The van der Waals surface area contributed by atoms with Crippen LogP contribution in [0.25, 0.3) is 0 Å². The van der Waals surface area contributed by atoms with Crippen molar-refractivity contribution < 1.29 is 4.79 Å². The van der Waals surface area contributed by atoms with E-state index in [1.807, 2.05) is 29.2 Å². The van der Waals surface area contributed by atoms with Crippen LogP contribution in [0.3, 0.4) is 0 Å². The quantitative estimate of drug-likeness (QED) is 0.903. The lowest BCUT2D eigenvalue weighted by Gasteiger charge is -2.40. The van der Waals surface area contributed by atoms with E-state index < -0.39 is 0 Å². The van der Waals surface area contributed by atoms with Gasteiger partial charge in [-0.1, -0.05) is 0 Å². The maximum atomic E-state index is 12.8. The zero-order valence-corrected chi connectivity index (χ0v) is 14.5. The molecule has 1 amide bonds. The second-order valence-corrected chi connectivity index (χ2v) is 7.13. The van der Waals surface area contributed by atoms with Gasteiger partial charge in [0.15, 0.2) is 0 Å². The van der Waals surface area contributed by atoms with Gasteiger partial charge in [0.1, 0.15) is 0 Å². The smallest absolute Gasteiger partial charge is 0.225 e. The monoisotopic (exact) mass is 326 g/mol. The van der Waals surface area contributed by atoms with Crippen LogP contribution in [-0.4, -0.2) is 49.1 Å². The highest BCUT2D eigenvalue weighted by molar-refractivity contribution is 5.79. The van der Waals surface area contributed by atoms with Gasteiger partial charge < -0.3 is 15.1 Å². The molecule has 2 saturated heterocycles. The van der Waals surface area contributed by atoms with E-state index in [0.717, 1.165) is 44.7 Å². The Labute approximate surface area is 144 Å². The first-order chi connectivity index (χ1) is 11.6. The zero-order valence-electron chi connectivity index (χ0n) is 14.5. The maximum Gasteiger partial charge on any atom is 0.225 e. The van der Waals surface area contributed by atoms with Crippen LogP contribution in [0.4, 0.5) is 5.69 Å². The Morgan fingerprint density at radius 3 is 2.25 bits per heavy atom. The number of benzene rings is 1. The molecule has 0 unspecified atom stereocenters. The minimum absolute atomic E-state index is 0.150. The van der Waals surface area contributed by atoms with E-state index in [4.69, 9.17) is 5.26 Å². The Morgan fingerprint density at radius 1 is 1.12 bits per heavy atom. The van der Waals surface area contributed by atoms with Crippen LogP contribution in [0.2, 0.25) is 0 Å². The van der Waals surface area contributed by atoms with E-state index >= 15 is 0 Å². The van der Waals surface area contributed by atoms with E-state index in [0.29, 0.717) is 23.6 Å². The van der Waals surface area contributed by atoms with Crippen molar-refractivity contribution in [3.05, 3.63) is 29.8 Å². The second-order valence-electron chi connectivity index (χ2n) is 7.13. The molecule has 0 saturated carbocycles. The van der Waals surface area contributed by atoms with Gasteiger partial charge in [0.2, 0.25) is 5.91 Å². The number of nitriles is 1. The number of nitrogens with zero attached hydrogens (tertiary/aromatic N) is 3. The van der Waals surface area contributed by atoms with Gasteiger partial charge in [-0.25, -0.2) is 0 Å². The molecule has 0 spiro atoms. The van der Waals surface area contributed by atoms with Gasteiger partial charge in [-0.2, -0.15) is 5.26 Å². The van der Waals surface area contributed by atoms with Crippen molar-refractivity contribution in [2.24, 2.45) is 5.92 Å². The highest BCUT2D eigenvalue weighted by Crippen LogP contribution is 2.25. The molecule has 5 nitrogen and oxygen atoms in total. The summed E-state index contributed by atoms with van der Waals surface area (Å²) in [5, 5.41) is 12.4. The summed E-state index contributed by atoms with van der Waals surface area (Å²) in [4.78, 5) is 17.2. The molecule has 0 radical (unpaired) electrons. The number of anilines is 1. The summed E-state index contributed by atoms with van der Waals surface area (Å²) < 4.78 is 0. The number of piperazine rings is 1.